The molecular formula is C29H36ClN3O5S. The monoisotopic (exact) mass is 573 g/mol. The van der Waals surface area contributed by atoms with Crippen LogP contribution >= 0.6 is 11.6 Å². The van der Waals surface area contributed by atoms with Gasteiger partial charge in [-0.2, -0.15) is 0 Å². The van der Waals surface area contributed by atoms with Crippen LogP contribution in [0.3, 0.4) is 0 Å². The van der Waals surface area contributed by atoms with Gasteiger partial charge >= 0.3 is 6.09 Å². The van der Waals surface area contributed by atoms with Crippen LogP contribution < -0.4 is 9.62 Å². The van der Waals surface area contributed by atoms with Gasteiger partial charge in [-0.3, -0.25) is 4.79 Å². The topological polar surface area (TPSA) is 96.0 Å². The Kier molecular flexibility index (Phi) is 7.45. The number of rotatable bonds is 4. The predicted molar refractivity (Wildman–Crippen MR) is 152 cm³/mol. The van der Waals surface area contributed by atoms with Crippen LogP contribution in [0.2, 0.25) is 0 Å². The first-order chi connectivity index (χ1) is 18.3. The van der Waals surface area contributed by atoms with E-state index in [1.54, 1.807) is 15.9 Å². The van der Waals surface area contributed by atoms with Gasteiger partial charge in [-0.15, -0.1) is 0 Å². The van der Waals surface area contributed by atoms with E-state index < -0.39 is 26.9 Å². The van der Waals surface area contributed by atoms with E-state index >= 15 is 0 Å². The third-order valence-electron chi connectivity index (χ3n) is 7.82. The first-order valence-electron chi connectivity index (χ1n) is 13.5. The third-order valence-corrected chi connectivity index (χ3v) is 9.84. The van der Waals surface area contributed by atoms with Crippen LogP contribution in [0.4, 0.5) is 10.5 Å². The highest BCUT2D eigenvalue weighted by Crippen LogP contribution is 2.36. The lowest BCUT2D eigenvalue weighted by atomic mass is 9.84. The average Bonchev–Trinajstić information content (AvgIpc) is 3.20. The number of nitrogens with zero attached hydrogens (tertiary/aromatic N) is 2. The normalized spacial score (nSPS) is 27.1. The lowest BCUT2D eigenvalue weighted by Crippen LogP contribution is -2.46. The second kappa shape index (κ2) is 10.4. The molecule has 0 bridgehead atoms. The maximum atomic E-state index is 13.3. The van der Waals surface area contributed by atoms with Crippen LogP contribution in [0.25, 0.3) is 0 Å². The van der Waals surface area contributed by atoms with Crippen LogP contribution in [-0.4, -0.2) is 54.8 Å². The summed E-state index contributed by atoms with van der Waals surface area (Å²) >= 11 is 6.10. The van der Waals surface area contributed by atoms with Crippen molar-refractivity contribution in [3.8, 4) is 0 Å². The van der Waals surface area contributed by atoms with Crippen molar-refractivity contribution in [1.82, 2.24) is 9.62 Å². The number of anilines is 1. The smallest absolute Gasteiger partial charge is 0.410 e. The van der Waals surface area contributed by atoms with E-state index in [-0.39, 0.29) is 24.0 Å². The molecule has 4 aliphatic rings. The predicted octanol–water partition coefficient (Wildman–Crippen LogP) is 4.79. The Hall–Kier alpha value is -2.62. The van der Waals surface area contributed by atoms with E-state index in [0.29, 0.717) is 43.8 Å². The van der Waals surface area contributed by atoms with Crippen molar-refractivity contribution in [1.29, 1.82) is 0 Å². The number of hydrogen-bond donors (Lipinski definition) is 1. The van der Waals surface area contributed by atoms with E-state index in [0.717, 1.165) is 22.4 Å². The van der Waals surface area contributed by atoms with E-state index in [2.05, 4.69) is 4.72 Å². The first-order valence-corrected chi connectivity index (χ1v) is 15.4. The van der Waals surface area contributed by atoms with Gasteiger partial charge in [0, 0.05) is 29.9 Å². The van der Waals surface area contributed by atoms with Crippen LogP contribution in [0.15, 0.2) is 53.1 Å². The van der Waals surface area contributed by atoms with Crippen LogP contribution in [0.5, 0.6) is 0 Å². The molecule has 0 radical (unpaired) electrons. The Morgan fingerprint density at radius 2 is 1.97 bits per heavy atom. The van der Waals surface area contributed by atoms with Gasteiger partial charge < -0.3 is 14.5 Å². The van der Waals surface area contributed by atoms with Gasteiger partial charge in [-0.05, 0) is 94.2 Å². The van der Waals surface area contributed by atoms with E-state index in [1.165, 1.54) is 0 Å². The van der Waals surface area contributed by atoms with Crippen molar-refractivity contribution in [2.75, 3.05) is 11.4 Å². The largest absolute Gasteiger partial charge is 0.444 e. The zero-order chi connectivity index (χ0) is 28.1. The summed E-state index contributed by atoms with van der Waals surface area (Å²) in [6.07, 6.45) is 9.23. The minimum absolute atomic E-state index is 0.0500. The maximum absolute atomic E-state index is 13.3. The molecule has 10 heteroatoms. The van der Waals surface area contributed by atoms with Crippen molar-refractivity contribution in [3.63, 3.8) is 0 Å². The zero-order valence-electron chi connectivity index (χ0n) is 22.8. The SMILES string of the molecule is CC1Cc2cc(N3CC[C@H](NS(=O)(=O)C4C=CC5=CC(Cl)=CCC5C4)C3=O)ccc2CN1C(=O)OC(C)(C)C. The molecule has 210 valence electrons. The molecule has 1 aromatic rings. The van der Waals surface area contributed by atoms with E-state index in [4.69, 9.17) is 16.3 Å². The van der Waals surface area contributed by atoms with Gasteiger partial charge in [0.15, 0.2) is 0 Å². The average molecular weight is 574 g/mol. The minimum atomic E-state index is -3.73. The summed E-state index contributed by atoms with van der Waals surface area (Å²) in [5.74, 6) is -0.135. The fourth-order valence-corrected chi connectivity index (χ4v) is 7.52. The van der Waals surface area contributed by atoms with Crippen molar-refractivity contribution in [2.45, 2.75) is 82.9 Å². The number of carbonyl (C=O) groups excluding carboxylic acids is 2. The molecule has 39 heavy (non-hydrogen) atoms. The molecule has 1 N–H and O–H groups in total. The Bertz CT molecular complexity index is 1380. The molecule has 0 saturated carbocycles. The second-order valence-corrected chi connectivity index (χ2v) is 14.3. The van der Waals surface area contributed by atoms with Crippen LogP contribution in [0, 0.1) is 5.92 Å². The lowest BCUT2D eigenvalue weighted by molar-refractivity contribution is -0.118. The van der Waals surface area contributed by atoms with Crippen LogP contribution in [-0.2, 0) is 32.5 Å². The number of sulfonamides is 1. The van der Waals surface area contributed by atoms with Gasteiger partial charge in [0.05, 0.1) is 5.25 Å². The van der Waals surface area contributed by atoms with Crippen molar-refractivity contribution in [3.05, 3.63) is 64.2 Å². The summed E-state index contributed by atoms with van der Waals surface area (Å²) in [4.78, 5) is 29.4. The third kappa shape index (κ3) is 5.95. The number of benzene rings is 1. The Labute approximate surface area is 235 Å². The number of nitrogens with one attached hydrogen (secondary N) is 1. The summed E-state index contributed by atoms with van der Waals surface area (Å²) in [5, 5.41) is -0.0103. The molecule has 1 fully saturated rings. The number of halogens is 1. The zero-order valence-corrected chi connectivity index (χ0v) is 24.4. The number of carbonyl (C=O) groups is 2. The molecule has 0 spiro atoms. The van der Waals surface area contributed by atoms with Crippen molar-refractivity contribution in [2.24, 2.45) is 5.92 Å². The molecule has 2 aliphatic heterocycles. The minimum Gasteiger partial charge on any atom is -0.444 e. The number of hydrogen-bond acceptors (Lipinski definition) is 5. The molecule has 3 unspecified atom stereocenters. The molecule has 1 aromatic carbocycles. The van der Waals surface area contributed by atoms with Gasteiger partial charge in [-0.25, -0.2) is 17.9 Å². The Morgan fingerprint density at radius 1 is 1.21 bits per heavy atom. The van der Waals surface area contributed by atoms with E-state index in [9.17, 15) is 18.0 Å². The summed E-state index contributed by atoms with van der Waals surface area (Å²) < 4.78 is 34.7. The van der Waals surface area contributed by atoms with Crippen molar-refractivity contribution < 1.29 is 22.7 Å². The van der Waals surface area contributed by atoms with Gasteiger partial charge in [0.25, 0.3) is 0 Å². The van der Waals surface area contributed by atoms with Crippen molar-refractivity contribution >= 4 is 39.3 Å². The molecule has 2 aliphatic carbocycles. The molecule has 2 heterocycles. The number of amides is 2. The highest BCUT2D eigenvalue weighted by atomic mass is 35.5. The Balaban J connectivity index is 1.25. The molecule has 8 nitrogen and oxygen atoms in total. The first kappa shape index (κ1) is 27.9. The summed E-state index contributed by atoms with van der Waals surface area (Å²) in [7, 11) is -3.73. The summed E-state index contributed by atoms with van der Waals surface area (Å²) in [6.45, 7) is 8.42. The fourth-order valence-electron chi connectivity index (χ4n) is 5.74. The quantitative estimate of drug-likeness (QED) is 0.559. The second-order valence-electron chi connectivity index (χ2n) is 11.9. The molecule has 4 atom stereocenters. The Morgan fingerprint density at radius 3 is 2.72 bits per heavy atom. The van der Waals surface area contributed by atoms with Gasteiger partial charge in [0.2, 0.25) is 15.9 Å². The number of fused-ring (bicyclic) bond motifs is 2. The van der Waals surface area contributed by atoms with E-state index in [1.807, 2.05) is 64.1 Å². The fraction of sp³-hybridized carbons (Fsp3) is 0.517. The van der Waals surface area contributed by atoms with Crippen LogP contribution in [0.1, 0.15) is 58.1 Å². The van der Waals surface area contributed by atoms with Gasteiger partial charge in [-0.1, -0.05) is 35.9 Å². The number of ether oxygens (including phenoxy) is 1. The standard InChI is InChI=1S/C29H36ClN3O5S/c1-18-13-22-15-24(9-6-21(22)17-33(18)28(35)38-29(2,3)4)32-12-11-26(27(32)34)31-39(36,37)25-10-7-19-14-23(30)8-5-20(19)16-25/h6-10,14-15,18,20,25-26,31H,5,11-13,16-17H2,1-4H3/t18?,20?,25?,26-/m0/s1. The molecule has 5 rings (SSSR count). The summed E-state index contributed by atoms with van der Waals surface area (Å²) in [5.41, 5.74) is 3.33. The molecule has 1 saturated heterocycles. The highest BCUT2D eigenvalue weighted by molar-refractivity contribution is 7.90. The molecule has 0 aromatic heterocycles. The molecule has 2 amide bonds. The van der Waals surface area contributed by atoms with Gasteiger partial charge in [0.1, 0.15) is 11.6 Å². The molecular weight excluding hydrogens is 538 g/mol. The lowest BCUT2D eigenvalue weighted by Gasteiger charge is -2.36. The maximum Gasteiger partial charge on any atom is 0.410 e. The summed E-state index contributed by atoms with van der Waals surface area (Å²) in [6, 6.07) is 4.97. The highest BCUT2D eigenvalue weighted by Gasteiger charge is 2.39. The number of allylic oxidation sites excluding steroid dienone is 5.